The largest absolute Gasteiger partial charge is 0.497 e. The van der Waals surface area contributed by atoms with Gasteiger partial charge in [0.15, 0.2) is 0 Å². The summed E-state index contributed by atoms with van der Waals surface area (Å²) in [5.41, 5.74) is 5.98. The number of amides is 2. The van der Waals surface area contributed by atoms with Crippen LogP contribution in [0.5, 0.6) is 5.75 Å². The molecule has 30 heavy (non-hydrogen) atoms. The number of nitrogens with one attached hydrogen (secondary N) is 2. The van der Waals surface area contributed by atoms with Gasteiger partial charge < -0.3 is 15.4 Å². The Hall–Kier alpha value is -3.12. The molecule has 0 aliphatic carbocycles. The molecule has 0 saturated heterocycles. The van der Waals surface area contributed by atoms with Crippen LogP contribution in [0.25, 0.3) is 11.1 Å². The molecule has 0 radical (unpaired) electrons. The zero-order chi connectivity index (χ0) is 21.8. The summed E-state index contributed by atoms with van der Waals surface area (Å²) in [6.45, 7) is 7.85. The molecule has 0 fully saturated rings. The highest BCUT2D eigenvalue weighted by Gasteiger charge is 2.15. The number of rotatable bonds is 6. The first kappa shape index (κ1) is 21.6. The molecule has 2 aromatic carbocycles. The summed E-state index contributed by atoms with van der Waals surface area (Å²) in [4.78, 5) is 26.6. The summed E-state index contributed by atoms with van der Waals surface area (Å²) in [5, 5.41) is 5.62. The van der Waals surface area contributed by atoms with Gasteiger partial charge in [-0.1, -0.05) is 29.8 Å². The van der Waals surface area contributed by atoms with E-state index in [1.54, 1.807) is 7.11 Å². The fourth-order valence-electron chi connectivity index (χ4n) is 3.46. The lowest BCUT2D eigenvalue weighted by Crippen LogP contribution is -2.32. The van der Waals surface area contributed by atoms with Crippen LogP contribution in [0.15, 0.2) is 42.5 Å². The third kappa shape index (κ3) is 4.89. The fraction of sp³-hybridized carbons (Fsp3) is 0.250. The van der Waals surface area contributed by atoms with Crippen molar-refractivity contribution in [2.45, 2.75) is 27.7 Å². The van der Waals surface area contributed by atoms with E-state index in [0.717, 1.165) is 44.1 Å². The summed E-state index contributed by atoms with van der Waals surface area (Å²) in [5.74, 6) is 0.284. The smallest absolute Gasteiger partial charge is 0.261 e. The summed E-state index contributed by atoms with van der Waals surface area (Å²) < 4.78 is 5.20. The number of ether oxygens (including phenoxy) is 1. The number of methoxy groups -OCH3 is 1. The zero-order valence-electron chi connectivity index (χ0n) is 17.9. The maximum Gasteiger partial charge on any atom is 0.261 e. The van der Waals surface area contributed by atoms with E-state index >= 15 is 0 Å². The molecule has 1 heterocycles. The molecule has 156 valence electrons. The highest BCUT2D eigenvalue weighted by molar-refractivity contribution is 7.14. The van der Waals surface area contributed by atoms with Crippen LogP contribution in [0.4, 0.5) is 5.69 Å². The Balaban J connectivity index is 1.64. The first-order valence-corrected chi connectivity index (χ1v) is 10.5. The van der Waals surface area contributed by atoms with E-state index in [9.17, 15) is 9.59 Å². The van der Waals surface area contributed by atoms with Crippen LogP contribution in [0, 0.1) is 27.7 Å². The van der Waals surface area contributed by atoms with E-state index in [-0.39, 0.29) is 18.4 Å². The first-order chi connectivity index (χ1) is 14.3. The molecule has 0 unspecified atom stereocenters. The van der Waals surface area contributed by atoms with E-state index in [1.807, 2.05) is 70.2 Å². The molecular formula is C24H26N2O3S. The number of thiophene rings is 1. The van der Waals surface area contributed by atoms with Crippen molar-refractivity contribution in [1.82, 2.24) is 5.32 Å². The Bertz CT molecular complexity index is 1060. The lowest BCUT2D eigenvalue weighted by molar-refractivity contribution is -0.115. The highest BCUT2D eigenvalue weighted by Crippen LogP contribution is 2.32. The molecule has 0 aliphatic heterocycles. The number of hydrogen-bond donors (Lipinski definition) is 2. The van der Waals surface area contributed by atoms with Crippen LogP contribution in [-0.4, -0.2) is 25.5 Å². The quantitative estimate of drug-likeness (QED) is 0.586. The number of carbonyl (C=O) groups excluding carboxylic acids is 2. The lowest BCUT2D eigenvalue weighted by atomic mass is 10.1. The second-order valence-electron chi connectivity index (χ2n) is 7.31. The summed E-state index contributed by atoms with van der Waals surface area (Å²) in [6, 6.07) is 13.6. The van der Waals surface area contributed by atoms with Crippen LogP contribution in [0.1, 0.15) is 31.2 Å². The van der Waals surface area contributed by atoms with Gasteiger partial charge in [0.05, 0.1) is 18.5 Å². The summed E-state index contributed by atoms with van der Waals surface area (Å²) in [6.07, 6.45) is 0. The monoisotopic (exact) mass is 422 g/mol. The molecule has 0 atom stereocenters. The van der Waals surface area contributed by atoms with Crippen LogP contribution in [0.2, 0.25) is 0 Å². The maximum absolute atomic E-state index is 12.6. The molecule has 0 spiro atoms. The van der Waals surface area contributed by atoms with Crippen molar-refractivity contribution in [3.63, 3.8) is 0 Å². The van der Waals surface area contributed by atoms with Gasteiger partial charge in [-0.25, -0.2) is 0 Å². The molecule has 0 bridgehead atoms. The van der Waals surface area contributed by atoms with Gasteiger partial charge in [-0.05, 0) is 68.1 Å². The van der Waals surface area contributed by atoms with Gasteiger partial charge in [-0.3, -0.25) is 9.59 Å². The molecule has 3 aromatic rings. The van der Waals surface area contributed by atoms with Crippen molar-refractivity contribution in [3.05, 3.63) is 68.9 Å². The minimum atomic E-state index is -0.254. The molecule has 1 aromatic heterocycles. The number of anilines is 1. The summed E-state index contributed by atoms with van der Waals surface area (Å²) in [7, 11) is 1.63. The predicted molar refractivity (Wildman–Crippen MR) is 123 cm³/mol. The van der Waals surface area contributed by atoms with Crippen LogP contribution in [0.3, 0.4) is 0 Å². The van der Waals surface area contributed by atoms with Gasteiger partial charge in [-0.15, -0.1) is 11.3 Å². The Labute approximate surface area is 181 Å². The molecule has 5 nitrogen and oxygen atoms in total. The second kappa shape index (κ2) is 9.13. The average molecular weight is 423 g/mol. The van der Waals surface area contributed by atoms with E-state index in [0.29, 0.717) is 4.88 Å². The van der Waals surface area contributed by atoms with Gasteiger partial charge in [0.1, 0.15) is 5.75 Å². The number of aryl methyl sites for hydroxylation is 4. The number of benzene rings is 2. The van der Waals surface area contributed by atoms with Gasteiger partial charge in [-0.2, -0.15) is 0 Å². The van der Waals surface area contributed by atoms with Crippen molar-refractivity contribution in [3.8, 4) is 16.9 Å². The van der Waals surface area contributed by atoms with Crippen molar-refractivity contribution < 1.29 is 14.3 Å². The van der Waals surface area contributed by atoms with Crippen LogP contribution < -0.4 is 15.4 Å². The van der Waals surface area contributed by atoms with Crippen LogP contribution >= 0.6 is 11.3 Å². The van der Waals surface area contributed by atoms with Gasteiger partial charge in [0.2, 0.25) is 5.91 Å². The fourth-order valence-corrected chi connectivity index (χ4v) is 4.42. The van der Waals surface area contributed by atoms with Crippen LogP contribution in [-0.2, 0) is 4.79 Å². The summed E-state index contributed by atoms with van der Waals surface area (Å²) >= 11 is 1.41. The van der Waals surface area contributed by atoms with Crippen molar-refractivity contribution >= 4 is 28.8 Å². The molecule has 3 rings (SSSR count). The Morgan fingerprint density at radius 1 is 0.967 bits per heavy atom. The Morgan fingerprint density at radius 2 is 1.60 bits per heavy atom. The van der Waals surface area contributed by atoms with E-state index in [2.05, 4.69) is 10.6 Å². The topological polar surface area (TPSA) is 67.4 Å². The third-order valence-electron chi connectivity index (χ3n) is 4.89. The predicted octanol–water partition coefficient (Wildman–Crippen LogP) is 5.03. The first-order valence-electron chi connectivity index (χ1n) is 9.69. The van der Waals surface area contributed by atoms with Gasteiger partial charge in [0, 0.05) is 10.6 Å². The Morgan fingerprint density at radius 3 is 2.20 bits per heavy atom. The number of carbonyl (C=O) groups is 2. The van der Waals surface area contributed by atoms with Gasteiger partial charge in [0.25, 0.3) is 5.91 Å². The molecule has 0 saturated carbocycles. The van der Waals surface area contributed by atoms with E-state index < -0.39 is 0 Å². The second-order valence-corrected chi connectivity index (χ2v) is 8.57. The highest BCUT2D eigenvalue weighted by atomic mass is 32.1. The Kier molecular flexibility index (Phi) is 6.57. The minimum absolute atomic E-state index is 0.0829. The van der Waals surface area contributed by atoms with Crippen molar-refractivity contribution in [2.24, 2.45) is 0 Å². The van der Waals surface area contributed by atoms with Crippen molar-refractivity contribution in [1.29, 1.82) is 0 Å². The standard InChI is InChI=1S/C24H26N2O3S/c1-14-10-15(2)23(16(3)11-14)26-22(27)13-25-24(28)21-12-20(17(4)30-21)18-6-8-19(29-5)9-7-18/h6-12H,13H2,1-5H3,(H,25,28)(H,26,27). The SMILES string of the molecule is COc1ccc(-c2cc(C(=O)NCC(=O)Nc3c(C)cc(C)cc3C)sc2C)cc1. The molecule has 0 aliphatic rings. The average Bonchev–Trinajstić information content (AvgIpc) is 3.10. The number of hydrogen-bond acceptors (Lipinski definition) is 4. The third-order valence-corrected chi connectivity index (χ3v) is 5.94. The normalized spacial score (nSPS) is 10.6. The van der Waals surface area contributed by atoms with Crippen molar-refractivity contribution in [2.75, 3.05) is 19.0 Å². The minimum Gasteiger partial charge on any atom is -0.497 e. The van der Waals surface area contributed by atoms with Gasteiger partial charge >= 0.3 is 0 Å². The molecule has 6 heteroatoms. The van der Waals surface area contributed by atoms with E-state index in [4.69, 9.17) is 4.74 Å². The lowest BCUT2D eigenvalue weighted by Gasteiger charge is -2.13. The maximum atomic E-state index is 12.6. The molecule has 2 amide bonds. The van der Waals surface area contributed by atoms with E-state index in [1.165, 1.54) is 11.3 Å². The molecular weight excluding hydrogens is 396 g/mol. The zero-order valence-corrected chi connectivity index (χ0v) is 18.7. The molecule has 2 N–H and O–H groups in total.